The number of halogens is 2. The van der Waals surface area contributed by atoms with Gasteiger partial charge in [0.15, 0.2) is 0 Å². The number of carbonyl (C=O) groups is 1. The summed E-state index contributed by atoms with van der Waals surface area (Å²) < 4.78 is 27.4. The lowest BCUT2D eigenvalue weighted by molar-refractivity contribution is 0.0984. The number of amides is 1. The highest BCUT2D eigenvalue weighted by molar-refractivity contribution is 6.05. The lowest BCUT2D eigenvalue weighted by Crippen LogP contribution is -2.29. The fraction of sp³-hybridized carbons (Fsp3) is 0.105. The molecule has 130 valence electrons. The van der Waals surface area contributed by atoms with Gasteiger partial charge in [0.2, 0.25) is 0 Å². The van der Waals surface area contributed by atoms with E-state index in [1.807, 2.05) is 24.3 Å². The first-order valence-electron chi connectivity index (χ1n) is 8.06. The number of rotatable bonds is 3. The van der Waals surface area contributed by atoms with Crippen molar-refractivity contribution in [3.63, 3.8) is 0 Å². The third kappa shape index (κ3) is 2.88. The van der Waals surface area contributed by atoms with Crippen LogP contribution in [0.15, 0.2) is 54.9 Å². The monoisotopic (exact) mass is 352 g/mol. The summed E-state index contributed by atoms with van der Waals surface area (Å²) in [7, 11) is 0. The number of fused-ring (bicyclic) bond motifs is 1. The van der Waals surface area contributed by atoms with E-state index in [0.717, 1.165) is 29.8 Å². The quantitative estimate of drug-likeness (QED) is 0.781. The average Bonchev–Trinajstić information content (AvgIpc) is 3.09. The van der Waals surface area contributed by atoms with Crippen LogP contribution in [0.25, 0.3) is 0 Å². The Morgan fingerprint density at radius 2 is 1.77 bits per heavy atom. The largest absolute Gasteiger partial charge is 0.334 e. The van der Waals surface area contributed by atoms with Crippen LogP contribution in [0.4, 0.5) is 26.0 Å². The van der Waals surface area contributed by atoms with E-state index in [4.69, 9.17) is 0 Å². The van der Waals surface area contributed by atoms with Crippen molar-refractivity contribution >= 4 is 23.1 Å². The van der Waals surface area contributed by atoms with Crippen molar-refractivity contribution in [3.8, 4) is 0 Å². The minimum atomic E-state index is -0.736. The molecular formula is C19H14F2N4O. The minimum Gasteiger partial charge on any atom is -0.334 e. The van der Waals surface area contributed by atoms with Gasteiger partial charge in [0.1, 0.15) is 28.8 Å². The van der Waals surface area contributed by atoms with E-state index >= 15 is 0 Å². The molecular weight excluding hydrogens is 338 g/mol. The molecule has 0 unspecified atom stereocenters. The van der Waals surface area contributed by atoms with Crippen molar-refractivity contribution in [1.29, 1.82) is 0 Å². The summed E-state index contributed by atoms with van der Waals surface area (Å²) in [5.41, 5.74) is 1.84. The van der Waals surface area contributed by atoms with Crippen LogP contribution in [0.2, 0.25) is 0 Å². The topological polar surface area (TPSA) is 58.1 Å². The predicted molar refractivity (Wildman–Crippen MR) is 93.5 cm³/mol. The van der Waals surface area contributed by atoms with Gasteiger partial charge in [-0.25, -0.2) is 18.7 Å². The van der Waals surface area contributed by atoms with Crippen molar-refractivity contribution in [3.05, 3.63) is 77.8 Å². The third-order valence-electron chi connectivity index (χ3n) is 4.22. The Bertz CT molecular complexity index is 955. The van der Waals surface area contributed by atoms with Crippen molar-refractivity contribution in [1.82, 2.24) is 9.97 Å². The fourth-order valence-electron chi connectivity index (χ4n) is 2.94. The lowest BCUT2D eigenvalue weighted by Gasteiger charge is -2.16. The normalized spacial score (nSPS) is 12.8. The van der Waals surface area contributed by atoms with E-state index in [1.165, 1.54) is 18.5 Å². The number of benzene rings is 2. The van der Waals surface area contributed by atoms with Crippen LogP contribution in [-0.2, 0) is 6.42 Å². The summed E-state index contributed by atoms with van der Waals surface area (Å²) in [6, 6.07) is 11.3. The van der Waals surface area contributed by atoms with Crippen molar-refractivity contribution in [2.45, 2.75) is 6.42 Å². The fourth-order valence-corrected chi connectivity index (χ4v) is 2.94. The number of anilines is 3. The summed E-state index contributed by atoms with van der Waals surface area (Å²) >= 11 is 0. The molecule has 2 aromatic carbocycles. The highest BCUT2D eigenvalue weighted by atomic mass is 19.1. The number of hydrogen-bond acceptors (Lipinski definition) is 4. The number of hydrogen-bond donors (Lipinski definition) is 1. The molecule has 26 heavy (non-hydrogen) atoms. The molecule has 0 saturated heterocycles. The number of nitrogens with one attached hydrogen (secondary N) is 1. The zero-order valence-corrected chi connectivity index (χ0v) is 13.6. The number of nitrogens with zero attached hydrogens (tertiary/aromatic N) is 3. The standard InChI is InChI=1S/C19H14F2N4O/c20-13-5-3-6-14(21)18(13)24-17-11-22-15(10-23-17)19(26)25-9-8-12-4-1-2-7-16(12)25/h1-7,10-11H,8-9H2,(H,23,24). The first-order valence-corrected chi connectivity index (χ1v) is 8.06. The van der Waals surface area contributed by atoms with Crippen molar-refractivity contribution in [2.75, 3.05) is 16.8 Å². The summed E-state index contributed by atoms with van der Waals surface area (Å²) in [5.74, 6) is -1.58. The van der Waals surface area contributed by atoms with Gasteiger partial charge < -0.3 is 10.2 Å². The predicted octanol–water partition coefficient (Wildman–Crippen LogP) is 3.70. The van der Waals surface area contributed by atoms with Gasteiger partial charge in [0.25, 0.3) is 5.91 Å². The molecule has 0 aliphatic carbocycles. The molecule has 1 aromatic heterocycles. The Balaban J connectivity index is 1.54. The molecule has 0 spiro atoms. The molecule has 0 saturated carbocycles. The first-order chi connectivity index (χ1) is 12.6. The maximum atomic E-state index is 13.7. The van der Waals surface area contributed by atoms with Gasteiger partial charge in [-0.15, -0.1) is 0 Å². The molecule has 1 aliphatic rings. The second-order valence-electron chi connectivity index (χ2n) is 5.84. The first kappa shape index (κ1) is 16.1. The Hall–Kier alpha value is -3.35. The van der Waals surface area contributed by atoms with Gasteiger partial charge in [-0.1, -0.05) is 24.3 Å². The number of aromatic nitrogens is 2. The van der Waals surface area contributed by atoms with Crippen molar-refractivity contribution < 1.29 is 13.6 Å². The molecule has 0 atom stereocenters. The van der Waals surface area contributed by atoms with Gasteiger partial charge >= 0.3 is 0 Å². The van der Waals surface area contributed by atoms with Crippen LogP contribution in [-0.4, -0.2) is 22.4 Å². The zero-order chi connectivity index (χ0) is 18.1. The molecule has 1 amide bonds. The van der Waals surface area contributed by atoms with E-state index in [9.17, 15) is 13.6 Å². The van der Waals surface area contributed by atoms with E-state index in [2.05, 4.69) is 15.3 Å². The summed E-state index contributed by atoms with van der Waals surface area (Å²) in [4.78, 5) is 22.5. The van der Waals surface area contributed by atoms with Crippen LogP contribution in [0.5, 0.6) is 0 Å². The van der Waals surface area contributed by atoms with Gasteiger partial charge in [0.05, 0.1) is 12.4 Å². The molecule has 0 bridgehead atoms. The molecule has 1 N–H and O–H groups in total. The van der Waals surface area contributed by atoms with Crippen LogP contribution < -0.4 is 10.2 Å². The van der Waals surface area contributed by atoms with E-state index in [1.54, 1.807) is 4.90 Å². The SMILES string of the molecule is O=C(c1cnc(Nc2c(F)cccc2F)cn1)N1CCc2ccccc21. The smallest absolute Gasteiger partial charge is 0.278 e. The van der Waals surface area contributed by atoms with E-state index in [0.29, 0.717) is 6.54 Å². The minimum absolute atomic E-state index is 0.146. The second-order valence-corrected chi connectivity index (χ2v) is 5.84. The summed E-state index contributed by atoms with van der Waals surface area (Å²) in [6.07, 6.45) is 3.37. The Morgan fingerprint density at radius 3 is 2.50 bits per heavy atom. The molecule has 4 rings (SSSR count). The molecule has 5 nitrogen and oxygen atoms in total. The van der Waals surface area contributed by atoms with Crippen LogP contribution in [0, 0.1) is 11.6 Å². The molecule has 0 radical (unpaired) electrons. The van der Waals surface area contributed by atoms with Crippen LogP contribution in [0.1, 0.15) is 16.1 Å². The maximum Gasteiger partial charge on any atom is 0.278 e. The van der Waals surface area contributed by atoms with Crippen LogP contribution in [0.3, 0.4) is 0 Å². The van der Waals surface area contributed by atoms with Gasteiger partial charge in [-0.3, -0.25) is 4.79 Å². The lowest BCUT2D eigenvalue weighted by atomic mass is 10.2. The summed E-state index contributed by atoms with van der Waals surface area (Å²) in [5, 5.41) is 2.54. The van der Waals surface area contributed by atoms with Crippen molar-refractivity contribution in [2.24, 2.45) is 0 Å². The highest BCUT2D eigenvalue weighted by Crippen LogP contribution is 2.28. The van der Waals surface area contributed by atoms with Crippen LogP contribution >= 0.6 is 0 Å². The highest BCUT2D eigenvalue weighted by Gasteiger charge is 2.26. The van der Waals surface area contributed by atoms with Gasteiger partial charge in [-0.2, -0.15) is 0 Å². The molecule has 2 heterocycles. The Kier molecular flexibility index (Phi) is 4.04. The zero-order valence-electron chi connectivity index (χ0n) is 13.6. The molecule has 0 fully saturated rings. The summed E-state index contributed by atoms with van der Waals surface area (Å²) in [6.45, 7) is 0.584. The maximum absolute atomic E-state index is 13.7. The average molecular weight is 352 g/mol. The second kappa shape index (κ2) is 6.51. The van der Waals surface area contributed by atoms with E-state index < -0.39 is 11.6 Å². The van der Waals surface area contributed by atoms with Gasteiger partial charge in [0, 0.05) is 12.2 Å². The molecule has 7 heteroatoms. The Labute approximate surface area is 148 Å². The number of carbonyl (C=O) groups excluding carboxylic acids is 1. The molecule has 3 aromatic rings. The van der Waals surface area contributed by atoms with E-state index in [-0.39, 0.29) is 23.1 Å². The Morgan fingerprint density at radius 1 is 1.00 bits per heavy atom. The molecule has 1 aliphatic heterocycles. The number of para-hydroxylation sites is 2. The third-order valence-corrected chi connectivity index (χ3v) is 4.22. The van der Waals surface area contributed by atoms with Gasteiger partial charge in [-0.05, 0) is 30.2 Å².